The van der Waals surface area contributed by atoms with E-state index in [2.05, 4.69) is 15.5 Å². The van der Waals surface area contributed by atoms with Crippen molar-refractivity contribution in [3.63, 3.8) is 0 Å². The van der Waals surface area contributed by atoms with Gasteiger partial charge in [-0.15, -0.1) is 0 Å². The number of nitrogens with one attached hydrogen (secondary N) is 2. The van der Waals surface area contributed by atoms with E-state index in [1.807, 2.05) is 0 Å². The molecule has 0 bridgehead atoms. The topological polar surface area (TPSA) is 104 Å². The lowest BCUT2D eigenvalue weighted by Crippen LogP contribution is -2.12. The second-order valence-electron chi connectivity index (χ2n) is 4.10. The standard InChI is InChI=1S/C13H13N3O4/c1-8-6-11(16-15-8)13(19)14-9-2-4-10(5-3-9)20-7-12(17)18/h2-6H,7H2,1H3,(H,14,19)(H,15,16)(H,17,18). The van der Waals surface area contributed by atoms with Crippen molar-refractivity contribution in [3.8, 4) is 5.75 Å². The number of carbonyl (C=O) groups excluding carboxylic acids is 1. The Labute approximate surface area is 114 Å². The molecule has 7 heteroatoms. The summed E-state index contributed by atoms with van der Waals surface area (Å²) in [4.78, 5) is 22.2. The van der Waals surface area contributed by atoms with Crippen LogP contribution in [0.25, 0.3) is 0 Å². The van der Waals surface area contributed by atoms with Gasteiger partial charge in [-0.25, -0.2) is 4.79 Å². The van der Waals surface area contributed by atoms with Crippen molar-refractivity contribution in [2.24, 2.45) is 0 Å². The van der Waals surface area contributed by atoms with Crippen LogP contribution in [0, 0.1) is 6.92 Å². The molecule has 1 aromatic heterocycles. The van der Waals surface area contributed by atoms with Crippen molar-refractivity contribution in [1.29, 1.82) is 0 Å². The molecule has 0 saturated carbocycles. The van der Waals surface area contributed by atoms with Crippen molar-refractivity contribution in [2.45, 2.75) is 6.92 Å². The van der Waals surface area contributed by atoms with E-state index in [1.54, 1.807) is 37.3 Å². The number of aryl methyl sites for hydroxylation is 1. The maximum absolute atomic E-state index is 11.8. The number of hydrogen-bond acceptors (Lipinski definition) is 4. The van der Waals surface area contributed by atoms with Crippen LogP contribution < -0.4 is 10.1 Å². The first-order chi connectivity index (χ1) is 9.54. The average Bonchev–Trinajstić information content (AvgIpc) is 2.85. The highest BCUT2D eigenvalue weighted by Crippen LogP contribution is 2.16. The Hall–Kier alpha value is -2.83. The van der Waals surface area contributed by atoms with Crippen LogP contribution in [0.4, 0.5) is 5.69 Å². The first-order valence-corrected chi connectivity index (χ1v) is 5.82. The third-order valence-corrected chi connectivity index (χ3v) is 2.41. The van der Waals surface area contributed by atoms with E-state index < -0.39 is 12.6 Å². The van der Waals surface area contributed by atoms with E-state index >= 15 is 0 Å². The van der Waals surface area contributed by atoms with Crippen LogP contribution >= 0.6 is 0 Å². The van der Waals surface area contributed by atoms with Gasteiger partial charge in [0, 0.05) is 11.4 Å². The molecule has 0 unspecified atom stereocenters. The Morgan fingerprint density at radius 3 is 2.60 bits per heavy atom. The molecule has 2 rings (SSSR count). The van der Waals surface area contributed by atoms with Gasteiger partial charge in [0.2, 0.25) is 0 Å². The molecule has 0 radical (unpaired) electrons. The lowest BCUT2D eigenvalue weighted by molar-refractivity contribution is -0.139. The number of rotatable bonds is 5. The number of carboxylic acids is 1. The van der Waals surface area contributed by atoms with Crippen LogP contribution in [0.1, 0.15) is 16.2 Å². The van der Waals surface area contributed by atoms with Crippen molar-refractivity contribution >= 4 is 17.6 Å². The first-order valence-electron chi connectivity index (χ1n) is 5.82. The van der Waals surface area contributed by atoms with Crippen LogP contribution in [0.15, 0.2) is 30.3 Å². The lowest BCUT2D eigenvalue weighted by Gasteiger charge is -2.05. The number of ether oxygens (including phenoxy) is 1. The Balaban J connectivity index is 1.96. The minimum atomic E-state index is -1.05. The van der Waals surface area contributed by atoms with Gasteiger partial charge in [0.25, 0.3) is 5.91 Å². The number of aliphatic carboxylic acids is 1. The molecule has 0 aliphatic heterocycles. The Bertz CT molecular complexity index is 619. The van der Waals surface area contributed by atoms with Gasteiger partial charge in [-0.05, 0) is 37.3 Å². The highest BCUT2D eigenvalue weighted by Gasteiger charge is 2.09. The Kier molecular flexibility index (Phi) is 3.99. The number of H-pyrrole nitrogens is 1. The van der Waals surface area contributed by atoms with Crippen LogP contribution in [-0.2, 0) is 4.79 Å². The fourth-order valence-electron chi connectivity index (χ4n) is 1.51. The summed E-state index contributed by atoms with van der Waals surface area (Å²) in [6.07, 6.45) is 0. The van der Waals surface area contributed by atoms with E-state index in [9.17, 15) is 9.59 Å². The molecule has 0 aliphatic rings. The highest BCUT2D eigenvalue weighted by molar-refractivity contribution is 6.02. The number of benzene rings is 1. The minimum Gasteiger partial charge on any atom is -0.482 e. The van der Waals surface area contributed by atoms with E-state index in [4.69, 9.17) is 9.84 Å². The summed E-state index contributed by atoms with van der Waals surface area (Å²) in [5, 5.41) is 17.7. The summed E-state index contributed by atoms with van der Waals surface area (Å²) < 4.78 is 4.99. The fourth-order valence-corrected chi connectivity index (χ4v) is 1.51. The quantitative estimate of drug-likeness (QED) is 0.765. The molecule has 0 spiro atoms. The molecule has 0 atom stereocenters. The lowest BCUT2D eigenvalue weighted by atomic mass is 10.3. The first kappa shape index (κ1) is 13.6. The number of carboxylic acid groups (broad SMARTS) is 1. The number of nitrogens with zero attached hydrogens (tertiary/aromatic N) is 1. The highest BCUT2D eigenvalue weighted by atomic mass is 16.5. The van der Waals surface area contributed by atoms with Gasteiger partial charge in [0.15, 0.2) is 12.3 Å². The van der Waals surface area contributed by atoms with Crippen LogP contribution in [-0.4, -0.2) is 33.8 Å². The SMILES string of the molecule is Cc1cc(C(=O)Nc2ccc(OCC(=O)O)cc2)n[nH]1. The zero-order valence-electron chi connectivity index (χ0n) is 10.7. The molecule has 104 valence electrons. The second kappa shape index (κ2) is 5.87. The number of carbonyl (C=O) groups is 2. The van der Waals surface area contributed by atoms with Gasteiger partial charge < -0.3 is 15.2 Å². The number of aromatic nitrogens is 2. The van der Waals surface area contributed by atoms with Crippen LogP contribution in [0.2, 0.25) is 0 Å². The smallest absolute Gasteiger partial charge is 0.341 e. The molecule has 1 amide bonds. The van der Waals surface area contributed by atoms with Gasteiger partial charge in [0.1, 0.15) is 5.75 Å². The van der Waals surface area contributed by atoms with E-state index in [-0.39, 0.29) is 5.91 Å². The molecule has 2 aromatic rings. The zero-order valence-corrected chi connectivity index (χ0v) is 10.7. The Morgan fingerprint density at radius 1 is 1.35 bits per heavy atom. The molecule has 1 aromatic carbocycles. The summed E-state index contributed by atoms with van der Waals surface area (Å²) >= 11 is 0. The van der Waals surface area contributed by atoms with Crippen LogP contribution in [0.5, 0.6) is 5.75 Å². The maximum atomic E-state index is 11.8. The number of amides is 1. The largest absolute Gasteiger partial charge is 0.482 e. The molecule has 20 heavy (non-hydrogen) atoms. The summed E-state index contributed by atoms with van der Waals surface area (Å²) in [6, 6.07) is 8.03. The maximum Gasteiger partial charge on any atom is 0.341 e. The zero-order chi connectivity index (χ0) is 14.5. The predicted molar refractivity (Wildman–Crippen MR) is 70.9 cm³/mol. The van der Waals surface area contributed by atoms with Gasteiger partial charge in [-0.3, -0.25) is 9.89 Å². The second-order valence-corrected chi connectivity index (χ2v) is 4.10. The summed E-state index contributed by atoms with van der Waals surface area (Å²) in [7, 11) is 0. The number of anilines is 1. The third-order valence-electron chi connectivity index (χ3n) is 2.41. The summed E-state index contributed by atoms with van der Waals surface area (Å²) in [5.74, 6) is -0.953. The molecule has 3 N–H and O–H groups in total. The van der Waals surface area contributed by atoms with Gasteiger partial charge in [0.05, 0.1) is 0 Å². The average molecular weight is 275 g/mol. The van der Waals surface area contributed by atoms with Gasteiger partial charge in [-0.2, -0.15) is 5.10 Å². The Morgan fingerprint density at radius 2 is 2.05 bits per heavy atom. The van der Waals surface area contributed by atoms with Crippen molar-refractivity contribution in [1.82, 2.24) is 10.2 Å². The fraction of sp³-hybridized carbons (Fsp3) is 0.154. The normalized spacial score (nSPS) is 10.1. The van der Waals surface area contributed by atoms with Crippen molar-refractivity contribution in [2.75, 3.05) is 11.9 Å². The monoisotopic (exact) mass is 275 g/mol. The molecule has 0 saturated heterocycles. The third kappa shape index (κ3) is 3.58. The van der Waals surface area contributed by atoms with Crippen molar-refractivity contribution in [3.05, 3.63) is 41.7 Å². The molecule has 0 aliphatic carbocycles. The minimum absolute atomic E-state index is 0.300. The van der Waals surface area contributed by atoms with Gasteiger partial charge in [-0.1, -0.05) is 0 Å². The van der Waals surface area contributed by atoms with E-state index in [1.165, 1.54) is 0 Å². The van der Waals surface area contributed by atoms with Crippen LogP contribution in [0.3, 0.4) is 0 Å². The van der Waals surface area contributed by atoms with E-state index in [0.29, 0.717) is 17.1 Å². The number of aromatic amines is 1. The van der Waals surface area contributed by atoms with Crippen molar-refractivity contribution < 1.29 is 19.4 Å². The molecule has 7 nitrogen and oxygen atoms in total. The predicted octanol–water partition coefficient (Wildman–Crippen LogP) is 1.43. The van der Waals surface area contributed by atoms with Gasteiger partial charge >= 0.3 is 5.97 Å². The molecule has 1 heterocycles. The number of hydrogen-bond donors (Lipinski definition) is 3. The molecular formula is C13H13N3O4. The molecule has 0 fully saturated rings. The van der Waals surface area contributed by atoms with E-state index in [0.717, 1.165) is 5.69 Å². The molecular weight excluding hydrogens is 262 g/mol. The summed E-state index contributed by atoms with van der Waals surface area (Å²) in [6.45, 7) is 1.40. The summed E-state index contributed by atoms with van der Waals surface area (Å²) in [5.41, 5.74) is 1.67.